The zero-order chi connectivity index (χ0) is 18.8. The fourth-order valence-electron chi connectivity index (χ4n) is 3.51. The third kappa shape index (κ3) is 3.52. The minimum atomic E-state index is -0.443. The molecule has 140 valence electrons. The highest BCUT2D eigenvalue weighted by Crippen LogP contribution is 2.26. The van der Waals surface area contributed by atoms with Gasteiger partial charge < -0.3 is 19.9 Å². The van der Waals surface area contributed by atoms with Crippen molar-refractivity contribution >= 4 is 39.2 Å². The SMILES string of the molecule is COc1ccc2[nH]cc(CC(=O)N3CCCC3C(=O)Nc3nccs3)c2c1. The third-order valence-corrected chi connectivity index (χ3v) is 5.54. The smallest absolute Gasteiger partial charge is 0.248 e. The van der Waals surface area contributed by atoms with Crippen LogP contribution in [0.2, 0.25) is 0 Å². The Labute approximate surface area is 160 Å². The first-order valence-corrected chi connectivity index (χ1v) is 9.67. The fraction of sp³-hybridized carbons (Fsp3) is 0.316. The summed E-state index contributed by atoms with van der Waals surface area (Å²) in [4.78, 5) is 34.4. The van der Waals surface area contributed by atoms with Crippen LogP contribution in [-0.4, -0.2) is 46.4 Å². The lowest BCUT2D eigenvalue weighted by molar-refractivity contribution is -0.136. The molecule has 3 aromatic rings. The molecule has 0 spiro atoms. The van der Waals surface area contributed by atoms with Gasteiger partial charge in [-0.05, 0) is 36.6 Å². The summed E-state index contributed by atoms with van der Waals surface area (Å²) in [7, 11) is 1.62. The molecule has 27 heavy (non-hydrogen) atoms. The number of fused-ring (bicyclic) bond motifs is 1. The molecule has 2 N–H and O–H groups in total. The number of ether oxygens (including phenoxy) is 1. The van der Waals surface area contributed by atoms with E-state index < -0.39 is 6.04 Å². The lowest BCUT2D eigenvalue weighted by Crippen LogP contribution is -2.43. The van der Waals surface area contributed by atoms with Crippen molar-refractivity contribution in [2.24, 2.45) is 0 Å². The van der Waals surface area contributed by atoms with E-state index >= 15 is 0 Å². The summed E-state index contributed by atoms with van der Waals surface area (Å²) in [6.45, 7) is 0.598. The highest BCUT2D eigenvalue weighted by atomic mass is 32.1. The first kappa shape index (κ1) is 17.5. The number of aromatic nitrogens is 2. The van der Waals surface area contributed by atoms with Gasteiger partial charge in [0.2, 0.25) is 11.8 Å². The number of methoxy groups -OCH3 is 1. The van der Waals surface area contributed by atoms with E-state index in [0.29, 0.717) is 18.1 Å². The predicted octanol–water partition coefficient (Wildman–Crippen LogP) is 2.81. The van der Waals surface area contributed by atoms with Crippen molar-refractivity contribution in [1.29, 1.82) is 0 Å². The number of aromatic amines is 1. The van der Waals surface area contributed by atoms with Gasteiger partial charge in [0.15, 0.2) is 5.13 Å². The Hall–Kier alpha value is -2.87. The number of likely N-dealkylation sites (tertiary alicyclic amines) is 1. The number of hydrogen-bond donors (Lipinski definition) is 2. The molecule has 4 rings (SSSR count). The number of hydrogen-bond acceptors (Lipinski definition) is 5. The van der Waals surface area contributed by atoms with Gasteiger partial charge in [0.05, 0.1) is 13.5 Å². The quantitative estimate of drug-likeness (QED) is 0.708. The van der Waals surface area contributed by atoms with E-state index in [9.17, 15) is 9.59 Å². The third-order valence-electron chi connectivity index (χ3n) is 4.85. The van der Waals surface area contributed by atoms with Crippen LogP contribution in [0.25, 0.3) is 10.9 Å². The van der Waals surface area contributed by atoms with Crippen LogP contribution in [0.5, 0.6) is 5.75 Å². The van der Waals surface area contributed by atoms with Crippen molar-refractivity contribution in [1.82, 2.24) is 14.9 Å². The molecule has 0 bridgehead atoms. The summed E-state index contributed by atoms with van der Waals surface area (Å²) in [5, 5.41) is 6.13. The molecular formula is C19H20N4O3S. The first-order chi connectivity index (χ1) is 13.2. The monoisotopic (exact) mass is 384 g/mol. The van der Waals surface area contributed by atoms with Crippen LogP contribution < -0.4 is 10.1 Å². The minimum Gasteiger partial charge on any atom is -0.497 e. The molecule has 7 nitrogen and oxygen atoms in total. The Bertz CT molecular complexity index is 967. The molecule has 1 atom stereocenters. The van der Waals surface area contributed by atoms with Crippen LogP contribution in [0.15, 0.2) is 36.0 Å². The molecule has 2 aromatic heterocycles. The highest BCUT2D eigenvalue weighted by Gasteiger charge is 2.34. The lowest BCUT2D eigenvalue weighted by atomic mass is 10.1. The van der Waals surface area contributed by atoms with Gasteiger partial charge in [-0.2, -0.15) is 0 Å². The zero-order valence-corrected chi connectivity index (χ0v) is 15.7. The van der Waals surface area contributed by atoms with E-state index in [2.05, 4.69) is 15.3 Å². The first-order valence-electron chi connectivity index (χ1n) is 8.79. The van der Waals surface area contributed by atoms with Gasteiger partial charge in [-0.25, -0.2) is 4.98 Å². The highest BCUT2D eigenvalue weighted by molar-refractivity contribution is 7.13. The molecule has 1 fully saturated rings. The molecule has 8 heteroatoms. The summed E-state index contributed by atoms with van der Waals surface area (Å²) >= 11 is 1.37. The molecule has 1 saturated heterocycles. The van der Waals surface area contributed by atoms with E-state index in [0.717, 1.165) is 28.6 Å². The summed E-state index contributed by atoms with van der Waals surface area (Å²) in [5.41, 5.74) is 1.86. The summed E-state index contributed by atoms with van der Waals surface area (Å²) < 4.78 is 5.28. The number of benzene rings is 1. The van der Waals surface area contributed by atoms with Crippen molar-refractivity contribution in [2.45, 2.75) is 25.3 Å². The van der Waals surface area contributed by atoms with Crippen LogP contribution in [0.4, 0.5) is 5.13 Å². The Balaban J connectivity index is 1.49. The second-order valence-electron chi connectivity index (χ2n) is 6.47. The topological polar surface area (TPSA) is 87.3 Å². The number of carbonyl (C=O) groups is 2. The van der Waals surface area contributed by atoms with E-state index in [1.165, 1.54) is 11.3 Å². The molecule has 0 aliphatic carbocycles. The summed E-state index contributed by atoms with van der Waals surface area (Å²) in [5.74, 6) is 0.532. The molecule has 1 aliphatic rings. The molecule has 1 aliphatic heterocycles. The van der Waals surface area contributed by atoms with Crippen LogP contribution in [0.1, 0.15) is 18.4 Å². The van der Waals surface area contributed by atoms with Crippen molar-refractivity contribution in [2.75, 3.05) is 19.0 Å². The maximum Gasteiger partial charge on any atom is 0.248 e. The number of carbonyl (C=O) groups excluding carboxylic acids is 2. The van der Waals surface area contributed by atoms with Crippen molar-refractivity contribution in [3.63, 3.8) is 0 Å². The van der Waals surface area contributed by atoms with Gasteiger partial charge in [0.25, 0.3) is 0 Å². The molecule has 2 amide bonds. The van der Waals surface area contributed by atoms with Gasteiger partial charge in [-0.3, -0.25) is 9.59 Å². The number of H-pyrrole nitrogens is 1. The average Bonchev–Trinajstić information content (AvgIpc) is 3.42. The largest absolute Gasteiger partial charge is 0.497 e. The summed E-state index contributed by atoms with van der Waals surface area (Å²) in [6.07, 6.45) is 5.23. The van der Waals surface area contributed by atoms with Gasteiger partial charge in [-0.15, -0.1) is 11.3 Å². The van der Waals surface area contributed by atoms with Crippen molar-refractivity contribution in [3.05, 3.63) is 41.5 Å². The lowest BCUT2D eigenvalue weighted by Gasteiger charge is -2.23. The number of amides is 2. The maximum absolute atomic E-state index is 12.9. The second kappa shape index (κ2) is 7.40. The Morgan fingerprint density at radius 3 is 3.11 bits per heavy atom. The Morgan fingerprint density at radius 2 is 2.33 bits per heavy atom. The minimum absolute atomic E-state index is 0.0458. The normalized spacial score (nSPS) is 16.6. The maximum atomic E-state index is 12.9. The van der Waals surface area contributed by atoms with Crippen molar-refractivity contribution in [3.8, 4) is 5.75 Å². The average molecular weight is 384 g/mol. The number of anilines is 1. The standard InChI is InChI=1S/C19H20N4O3S/c1-26-13-4-5-15-14(10-13)12(11-21-15)9-17(24)23-7-2-3-16(23)18(25)22-19-20-6-8-27-19/h4-6,8,10-11,16,21H,2-3,7,9H2,1H3,(H,20,22,25). The van der Waals surface area contributed by atoms with Gasteiger partial charge in [-0.1, -0.05) is 0 Å². The van der Waals surface area contributed by atoms with Crippen molar-refractivity contribution < 1.29 is 14.3 Å². The molecule has 1 unspecified atom stereocenters. The van der Waals surface area contributed by atoms with E-state index in [1.54, 1.807) is 23.6 Å². The van der Waals surface area contributed by atoms with E-state index in [1.807, 2.05) is 24.4 Å². The van der Waals surface area contributed by atoms with E-state index in [-0.39, 0.29) is 18.2 Å². The zero-order valence-electron chi connectivity index (χ0n) is 14.9. The van der Waals surface area contributed by atoms with Gasteiger partial charge >= 0.3 is 0 Å². The second-order valence-corrected chi connectivity index (χ2v) is 7.37. The molecule has 0 radical (unpaired) electrons. The Morgan fingerprint density at radius 1 is 1.44 bits per heavy atom. The fourth-order valence-corrected chi connectivity index (χ4v) is 4.04. The number of thiazole rings is 1. The Kier molecular flexibility index (Phi) is 4.81. The van der Waals surface area contributed by atoms with Crippen LogP contribution in [-0.2, 0) is 16.0 Å². The predicted molar refractivity (Wildman–Crippen MR) is 104 cm³/mol. The van der Waals surface area contributed by atoms with Crippen LogP contribution in [0.3, 0.4) is 0 Å². The number of nitrogens with zero attached hydrogens (tertiary/aromatic N) is 2. The van der Waals surface area contributed by atoms with Gasteiger partial charge in [0, 0.05) is 35.2 Å². The summed E-state index contributed by atoms with van der Waals surface area (Å²) in [6, 6.07) is 5.29. The molecule has 0 saturated carbocycles. The molecule has 3 heterocycles. The van der Waals surface area contributed by atoms with E-state index in [4.69, 9.17) is 4.74 Å². The van der Waals surface area contributed by atoms with Gasteiger partial charge in [0.1, 0.15) is 11.8 Å². The molecule has 1 aromatic carbocycles. The number of rotatable bonds is 5. The molecular weight excluding hydrogens is 364 g/mol. The van der Waals surface area contributed by atoms with Crippen LogP contribution in [0, 0.1) is 0 Å². The number of nitrogens with one attached hydrogen (secondary N) is 2. The van der Waals surface area contributed by atoms with Crippen LogP contribution >= 0.6 is 11.3 Å².